The van der Waals surface area contributed by atoms with Crippen LogP contribution in [0.4, 0.5) is 5.69 Å². The number of hydrogen-bond donors (Lipinski definition) is 0. The molecule has 0 saturated carbocycles. The second kappa shape index (κ2) is 6.76. The van der Waals surface area contributed by atoms with Crippen molar-refractivity contribution in [1.82, 2.24) is 5.32 Å². The minimum atomic E-state index is 0.299. The predicted molar refractivity (Wildman–Crippen MR) is 87.8 cm³/mol. The van der Waals surface area contributed by atoms with E-state index < -0.39 is 0 Å². The minimum Gasteiger partial charge on any atom is -0.284 e. The lowest BCUT2D eigenvalue weighted by Crippen LogP contribution is -2.13. The summed E-state index contributed by atoms with van der Waals surface area (Å²) in [6, 6.07) is 31.4. The zero-order chi connectivity index (χ0) is 14.3. The van der Waals surface area contributed by atoms with Gasteiger partial charge in [0.25, 0.3) is 0 Å². The summed E-state index contributed by atoms with van der Waals surface area (Å²) >= 11 is 0. The first-order valence-electron chi connectivity index (χ1n) is 7.26. The topological polar surface area (TPSA) is 14.1 Å². The molecule has 21 heavy (non-hydrogen) atoms. The third-order valence-electron chi connectivity index (χ3n) is 3.62. The van der Waals surface area contributed by atoms with E-state index in [4.69, 9.17) is 5.32 Å². The molecule has 0 heterocycles. The average molecular weight is 272 g/mol. The molecular weight excluding hydrogens is 254 g/mol. The van der Waals surface area contributed by atoms with Gasteiger partial charge in [0.05, 0.1) is 12.2 Å². The molecule has 0 atom stereocenters. The molecule has 0 aliphatic rings. The van der Waals surface area contributed by atoms with E-state index in [-0.39, 0.29) is 0 Å². The highest BCUT2D eigenvalue weighted by Gasteiger charge is 2.14. The second-order valence-electron chi connectivity index (χ2n) is 5.05. The molecule has 0 bridgehead atoms. The molecule has 0 aliphatic heterocycles. The fourth-order valence-corrected chi connectivity index (χ4v) is 2.50. The summed E-state index contributed by atoms with van der Waals surface area (Å²) in [5.74, 6) is 0.299. The summed E-state index contributed by atoms with van der Waals surface area (Å²) in [6.45, 7) is 0.762. The van der Waals surface area contributed by atoms with Crippen molar-refractivity contribution >= 4 is 5.69 Å². The summed E-state index contributed by atoms with van der Waals surface area (Å²) in [5.41, 5.74) is 3.65. The van der Waals surface area contributed by atoms with Gasteiger partial charge in [0.2, 0.25) is 0 Å². The molecule has 1 radical (unpaired) electrons. The smallest absolute Gasteiger partial charge is 0.0574 e. The molecule has 0 N–H and O–H groups in total. The van der Waals surface area contributed by atoms with Crippen LogP contribution in [0.2, 0.25) is 0 Å². The SMILES string of the molecule is c1ccc([N]CC(c2ccccc2)c2ccccc2)cc1. The maximum atomic E-state index is 4.76. The van der Waals surface area contributed by atoms with Crippen LogP contribution in [-0.2, 0) is 0 Å². The summed E-state index contributed by atoms with van der Waals surface area (Å²) < 4.78 is 0. The molecule has 1 heteroatoms. The molecule has 1 nitrogen and oxygen atoms in total. The Balaban J connectivity index is 1.83. The first-order chi connectivity index (χ1) is 10.4. The molecule has 3 aromatic carbocycles. The number of para-hydroxylation sites is 1. The van der Waals surface area contributed by atoms with Crippen LogP contribution in [0.25, 0.3) is 0 Å². The van der Waals surface area contributed by atoms with Gasteiger partial charge in [-0.1, -0.05) is 78.9 Å². The Hall–Kier alpha value is -2.54. The van der Waals surface area contributed by atoms with E-state index in [9.17, 15) is 0 Å². The van der Waals surface area contributed by atoms with Crippen molar-refractivity contribution in [3.63, 3.8) is 0 Å². The highest BCUT2D eigenvalue weighted by molar-refractivity contribution is 5.37. The molecule has 3 rings (SSSR count). The first kappa shape index (κ1) is 13.4. The first-order valence-corrected chi connectivity index (χ1v) is 7.26. The molecule has 0 saturated heterocycles. The van der Waals surface area contributed by atoms with E-state index in [1.165, 1.54) is 11.1 Å². The van der Waals surface area contributed by atoms with E-state index >= 15 is 0 Å². The fourth-order valence-electron chi connectivity index (χ4n) is 2.50. The van der Waals surface area contributed by atoms with Crippen molar-refractivity contribution in [2.45, 2.75) is 5.92 Å². The van der Waals surface area contributed by atoms with Crippen molar-refractivity contribution in [3.05, 3.63) is 102 Å². The molecule has 103 valence electrons. The Kier molecular flexibility index (Phi) is 4.33. The maximum absolute atomic E-state index is 4.76. The zero-order valence-corrected chi connectivity index (χ0v) is 11.9. The van der Waals surface area contributed by atoms with Crippen LogP contribution in [0.1, 0.15) is 17.0 Å². The monoisotopic (exact) mass is 272 g/mol. The third kappa shape index (κ3) is 3.51. The number of hydrogen-bond acceptors (Lipinski definition) is 0. The van der Waals surface area contributed by atoms with Gasteiger partial charge in [-0.15, -0.1) is 0 Å². The summed E-state index contributed by atoms with van der Waals surface area (Å²) in [4.78, 5) is 0. The lowest BCUT2D eigenvalue weighted by atomic mass is 9.91. The van der Waals surface area contributed by atoms with Gasteiger partial charge < -0.3 is 0 Å². The minimum absolute atomic E-state index is 0.299. The molecule has 0 unspecified atom stereocenters. The highest BCUT2D eigenvalue weighted by atomic mass is 14.9. The molecule has 0 aliphatic carbocycles. The van der Waals surface area contributed by atoms with Gasteiger partial charge in [0, 0.05) is 5.92 Å². The molecular formula is C20H18N. The van der Waals surface area contributed by atoms with Crippen LogP contribution >= 0.6 is 0 Å². The molecule has 0 spiro atoms. The maximum Gasteiger partial charge on any atom is 0.0574 e. The van der Waals surface area contributed by atoms with Gasteiger partial charge in [-0.25, -0.2) is 0 Å². The van der Waals surface area contributed by atoms with E-state index in [0.29, 0.717) is 5.92 Å². The van der Waals surface area contributed by atoms with Crippen LogP contribution in [0.3, 0.4) is 0 Å². The van der Waals surface area contributed by atoms with Gasteiger partial charge in [0.1, 0.15) is 0 Å². The zero-order valence-electron chi connectivity index (χ0n) is 11.9. The fraction of sp³-hybridized carbons (Fsp3) is 0.100. The number of benzene rings is 3. The molecule has 3 aromatic rings. The van der Waals surface area contributed by atoms with Crippen molar-refractivity contribution in [1.29, 1.82) is 0 Å². The van der Waals surface area contributed by atoms with E-state index in [1.807, 2.05) is 30.3 Å². The highest BCUT2D eigenvalue weighted by Crippen LogP contribution is 2.25. The van der Waals surface area contributed by atoms with Crippen molar-refractivity contribution < 1.29 is 0 Å². The van der Waals surface area contributed by atoms with Gasteiger partial charge in [-0.2, -0.15) is 0 Å². The van der Waals surface area contributed by atoms with Gasteiger partial charge >= 0.3 is 0 Å². The normalized spacial score (nSPS) is 10.5. The van der Waals surface area contributed by atoms with Crippen LogP contribution in [0.15, 0.2) is 91.0 Å². The number of rotatable bonds is 5. The Bertz CT molecular complexity index is 608. The van der Waals surface area contributed by atoms with Crippen LogP contribution in [-0.4, -0.2) is 6.54 Å². The Labute approximate surface area is 126 Å². The van der Waals surface area contributed by atoms with Gasteiger partial charge in [0.15, 0.2) is 0 Å². The standard InChI is InChI=1S/C20H18N/c1-4-10-17(11-5-1)20(18-12-6-2-7-13-18)16-21-19-14-8-3-9-15-19/h1-15,20H,16H2. The Morgan fingerprint density at radius 3 is 1.48 bits per heavy atom. The quantitative estimate of drug-likeness (QED) is 0.636. The lowest BCUT2D eigenvalue weighted by molar-refractivity contribution is 0.732. The summed E-state index contributed by atoms with van der Waals surface area (Å²) in [5, 5.41) is 4.76. The predicted octanol–water partition coefficient (Wildman–Crippen LogP) is 4.75. The summed E-state index contributed by atoms with van der Waals surface area (Å²) in [7, 11) is 0. The van der Waals surface area contributed by atoms with Crippen LogP contribution < -0.4 is 5.32 Å². The third-order valence-corrected chi connectivity index (χ3v) is 3.62. The van der Waals surface area contributed by atoms with Crippen LogP contribution in [0, 0.1) is 0 Å². The number of nitrogens with zero attached hydrogens (tertiary/aromatic N) is 1. The molecule has 0 aromatic heterocycles. The summed E-state index contributed by atoms with van der Waals surface area (Å²) in [6.07, 6.45) is 0. The van der Waals surface area contributed by atoms with Crippen molar-refractivity contribution in [2.75, 3.05) is 6.54 Å². The Morgan fingerprint density at radius 1 is 0.571 bits per heavy atom. The molecule has 0 fully saturated rings. The van der Waals surface area contributed by atoms with Gasteiger partial charge in [-0.05, 0) is 23.3 Å². The van der Waals surface area contributed by atoms with Crippen molar-refractivity contribution in [3.8, 4) is 0 Å². The van der Waals surface area contributed by atoms with Gasteiger partial charge in [-0.3, -0.25) is 5.32 Å². The van der Waals surface area contributed by atoms with Crippen LogP contribution in [0.5, 0.6) is 0 Å². The Morgan fingerprint density at radius 2 is 1.00 bits per heavy atom. The van der Waals surface area contributed by atoms with E-state index in [2.05, 4.69) is 60.7 Å². The molecule has 0 amide bonds. The largest absolute Gasteiger partial charge is 0.284 e. The lowest BCUT2D eigenvalue weighted by Gasteiger charge is -2.18. The van der Waals surface area contributed by atoms with E-state index in [1.54, 1.807) is 0 Å². The van der Waals surface area contributed by atoms with Crippen molar-refractivity contribution in [2.24, 2.45) is 0 Å². The second-order valence-corrected chi connectivity index (χ2v) is 5.05. The van der Waals surface area contributed by atoms with E-state index in [0.717, 1.165) is 12.2 Å². The average Bonchev–Trinajstić information content (AvgIpc) is 2.58.